The van der Waals surface area contributed by atoms with E-state index in [4.69, 9.17) is 4.98 Å². The third-order valence-corrected chi connectivity index (χ3v) is 7.65. The maximum atomic E-state index is 10.8. The topological polar surface area (TPSA) is 57.0 Å². The maximum Gasteiger partial charge on any atom is 0.151 e. The second kappa shape index (κ2) is 11.5. The number of benzene rings is 2. The van der Waals surface area contributed by atoms with Gasteiger partial charge in [-0.1, -0.05) is 98.5 Å². The Morgan fingerprint density at radius 1 is 1.03 bits per heavy atom. The van der Waals surface area contributed by atoms with Crippen molar-refractivity contribution < 1.29 is 24.9 Å². The van der Waals surface area contributed by atoms with Crippen LogP contribution in [-0.4, -0.2) is 21.8 Å². The summed E-state index contributed by atoms with van der Waals surface area (Å²) in [7, 11) is 0. The van der Waals surface area contributed by atoms with Crippen LogP contribution in [0.25, 0.3) is 38.1 Å². The Labute approximate surface area is 239 Å². The van der Waals surface area contributed by atoms with Crippen molar-refractivity contribution >= 4 is 27.3 Å². The number of hydrogen-bond acceptors (Lipinski definition) is 3. The fraction of sp³-hybridized carbons (Fsp3) is 0.364. The predicted octanol–water partition coefficient (Wildman–Crippen LogP) is 8.38. The van der Waals surface area contributed by atoms with Gasteiger partial charge in [0.05, 0.1) is 0 Å². The van der Waals surface area contributed by atoms with E-state index in [0.29, 0.717) is 6.04 Å². The van der Waals surface area contributed by atoms with Gasteiger partial charge in [0.1, 0.15) is 0 Å². The van der Waals surface area contributed by atoms with Crippen LogP contribution >= 0.6 is 0 Å². The van der Waals surface area contributed by atoms with Crippen molar-refractivity contribution in [3.05, 3.63) is 88.8 Å². The van der Waals surface area contributed by atoms with Crippen LogP contribution in [0.4, 0.5) is 0 Å². The first-order valence-corrected chi connectivity index (χ1v) is 13.3. The summed E-state index contributed by atoms with van der Waals surface area (Å²) in [5, 5.41) is 9.26. The zero-order valence-electron chi connectivity index (χ0n) is 22.9. The smallest absolute Gasteiger partial charge is 0.151 e. The third kappa shape index (κ3) is 5.60. The van der Waals surface area contributed by atoms with Crippen LogP contribution in [0.2, 0.25) is 0 Å². The number of fused-ring (bicyclic) bond motifs is 3. The molecule has 1 radical (unpaired) electrons. The number of aromatic nitrogens is 2. The average molecular weight is 682 g/mol. The van der Waals surface area contributed by atoms with Crippen LogP contribution in [0, 0.1) is 13.0 Å². The number of rotatable bonds is 3. The van der Waals surface area contributed by atoms with E-state index in [0.717, 1.165) is 22.3 Å². The number of pyridine rings is 2. The van der Waals surface area contributed by atoms with Gasteiger partial charge in [-0.05, 0) is 53.9 Å². The van der Waals surface area contributed by atoms with Crippen molar-refractivity contribution in [2.75, 3.05) is 0 Å². The van der Waals surface area contributed by atoms with Crippen molar-refractivity contribution in [2.45, 2.75) is 78.2 Å². The van der Waals surface area contributed by atoms with Gasteiger partial charge in [0.2, 0.25) is 0 Å². The van der Waals surface area contributed by atoms with Gasteiger partial charge in [-0.15, -0.1) is 18.2 Å². The normalized spacial score (nSPS) is 16.2. The number of hydrogen-bond donors (Lipinski definition) is 0. The molecule has 2 aliphatic rings. The first-order valence-electron chi connectivity index (χ1n) is 13.3. The SMILES string of the molecule is CC(=O)/C=C(/C)[N-]C1CCCCC1.Cc1cc2c3c(nccc3c1)-c1[c-]c3cnccc3cc1C2(C)C.[Ir]. The van der Waals surface area contributed by atoms with Crippen LogP contribution < -0.4 is 0 Å². The standard InChI is InChI=1S/C22H17N2.C11H19NO.Ir/c1-13-8-15-5-7-24-21-17-10-16-12-23-6-4-14(16)11-18(17)22(2,3)19(9-13)20(15)21;1-9(8-10(2)13)12-11-6-4-3-5-7-11;/h4-9,11-12H,1-3H3;8,11H,3-7H2,1-2H3,(H,12,13);/q-1;;/p-1. The molecule has 6 rings (SSSR count). The zero-order valence-corrected chi connectivity index (χ0v) is 25.3. The second-order valence-electron chi connectivity index (χ2n) is 11.0. The fourth-order valence-electron chi connectivity index (χ4n) is 5.87. The monoisotopic (exact) mass is 682 g/mol. The van der Waals surface area contributed by atoms with Gasteiger partial charge in [-0.3, -0.25) is 9.78 Å². The predicted molar refractivity (Wildman–Crippen MR) is 153 cm³/mol. The van der Waals surface area contributed by atoms with Gasteiger partial charge in [0.25, 0.3) is 0 Å². The molecule has 0 unspecified atom stereocenters. The molecule has 1 saturated carbocycles. The van der Waals surface area contributed by atoms with E-state index >= 15 is 0 Å². The molecule has 0 saturated heterocycles. The van der Waals surface area contributed by atoms with E-state index in [1.54, 1.807) is 13.0 Å². The molecule has 0 N–H and O–H groups in total. The Bertz CT molecular complexity index is 1520. The van der Waals surface area contributed by atoms with Gasteiger partial charge < -0.3 is 10.3 Å². The van der Waals surface area contributed by atoms with Crippen molar-refractivity contribution in [3.63, 3.8) is 0 Å². The quantitative estimate of drug-likeness (QED) is 0.161. The largest absolute Gasteiger partial charge is 0.685 e. The molecule has 1 fully saturated rings. The van der Waals surface area contributed by atoms with Gasteiger partial charge in [-0.25, -0.2) is 0 Å². The summed E-state index contributed by atoms with van der Waals surface area (Å²) in [4.78, 5) is 19.7. The molecule has 2 aliphatic carbocycles. The van der Waals surface area contributed by atoms with Crippen LogP contribution in [0.5, 0.6) is 0 Å². The molecule has 4 nitrogen and oxygen atoms in total. The van der Waals surface area contributed by atoms with Crippen LogP contribution in [-0.2, 0) is 30.3 Å². The number of carbonyl (C=O) groups excluding carboxylic acids is 1. The number of nitrogens with zero attached hydrogens (tertiary/aromatic N) is 3. The van der Waals surface area contributed by atoms with Crippen molar-refractivity contribution in [1.29, 1.82) is 0 Å². The van der Waals surface area contributed by atoms with Crippen LogP contribution in [0.1, 0.15) is 76.5 Å². The first kappa shape index (κ1) is 28.1. The Morgan fingerprint density at radius 3 is 2.50 bits per heavy atom. The fourth-order valence-corrected chi connectivity index (χ4v) is 5.87. The van der Waals surface area contributed by atoms with E-state index in [9.17, 15) is 4.79 Å². The van der Waals surface area contributed by atoms with Gasteiger partial charge >= 0.3 is 0 Å². The number of ketones is 1. The number of aryl methyl sites for hydroxylation is 1. The molecule has 199 valence electrons. The van der Waals surface area contributed by atoms with Crippen LogP contribution in [0.3, 0.4) is 0 Å². The van der Waals surface area contributed by atoms with Crippen molar-refractivity contribution in [2.24, 2.45) is 0 Å². The molecule has 0 amide bonds. The Morgan fingerprint density at radius 2 is 1.76 bits per heavy atom. The zero-order chi connectivity index (χ0) is 26.2. The maximum absolute atomic E-state index is 10.8. The molecule has 2 aromatic carbocycles. The van der Waals surface area contributed by atoms with E-state index in [-0.39, 0.29) is 31.3 Å². The Hall–Kier alpha value is -2.88. The summed E-state index contributed by atoms with van der Waals surface area (Å²) in [6.07, 6.45) is 13.6. The van der Waals surface area contributed by atoms with E-state index in [2.05, 4.69) is 67.5 Å². The molecule has 4 aromatic rings. The van der Waals surface area contributed by atoms with Crippen molar-refractivity contribution in [3.8, 4) is 11.3 Å². The summed E-state index contributed by atoms with van der Waals surface area (Å²) >= 11 is 0. The van der Waals surface area contributed by atoms with Crippen molar-refractivity contribution in [1.82, 2.24) is 9.97 Å². The van der Waals surface area contributed by atoms with Gasteiger partial charge in [-0.2, -0.15) is 5.70 Å². The number of carbonyl (C=O) groups is 1. The van der Waals surface area contributed by atoms with E-state index < -0.39 is 0 Å². The minimum absolute atomic E-state index is 0. The average Bonchev–Trinajstić information content (AvgIpc) is 2.87. The number of allylic oxidation sites excluding steroid dienone is 2. The summed E-state index contributed by atoms with van der Waals surface area (Å²) in [6, 6.07) is 15.1. The van der Waals surface area contributed by atoms with Gasteiger partial charge in [0, 0.05) is 38.2 Å². The molecular formula is C33H35IrN3O-2. The molecular weight excluding hydrogens is 647 g/mol. The summed E-state index contributed by atoms with van der Waals surface area (Å²) < 4.78 is 0. The minimum atomic E-state index is -0.0798. The minimum Gasteiger partial charge on any atom is -0.685 e. The molecule has 0 bridgehead atoms. The Balaban J connectivity index is 0.000000207. The van der Waals surface area contributed by atoms with Gasteiger partial charge in [0.15, 0.2) is 5.78 Å². The second-order valence-corrected chi connectivity index (χ2v) is 11.0. The van der Waals surface area contributed by atoms with Crippen LogP contribution in [0.15, 0.2) is 60.7 Å². The summed E-state index contributed by atoms with van der Waals surface area (Å²) in [5.74, 6) is 0.0945. The molecule has 5 heteroatoms. The molecule has 2 heterocycles. The Kier molecular flexibility index (Phi) is 8.49. The van der Waals surface area contributed by atoms with E-state index in [1.807, 2.05) is 25.5 Å². The molecule has 0 atom stereocenters. The first-order chi connectivity index (χ1) is 17.7. The third-order valence-electron chi connectivity index (χ3n) is 7.65. The summed E-state index contributed by atoms with van der Waals surface area (Å²) in [6.45, 7) is 10.3. The summed E-state index contributed by atoms with van der Waals surface area (Å²) in [5.41, 5.74) is 6.91. The molecule has 2 aromatic heterocycles. The molecule has 0 spiro atoms. The van der Waals surface area contributed by atoms with E-state index in [1.165, 1.54) is 65.0 Å². The molecule has 0 aliphatic heterocycles. The molecule has 38 heavy (non-hydrogen) atoms.